The maximum absolute atomic E-state index is 7.43. The highest BCUT2D eigenvalue weighted by Crippen LogP contribution is 2.37. The molecule has 6 heteroatoms. The number of hydrogen-bond donors (Lipinski definition) is 2. The van der Waals surface area contributed by atoms with E-state index in [9.17, 15) is 0 Å². The van der Waals surface area contributed by atoms with Crippen molar-refractivity contribution < 1.29 is 14.2 Å². The van der Waals surface area contributed by atoms with E-state index in [4.69, 9.17) is 25.4 Å². The number of amidine groups is 1. The molecule has 102 valence electrons. The van der Waals surface area contributed by atoms with Crippen LogP contribution in [0.2, 0.25) is 0 Å². The van der Waals surface area contributed by atoms with Crippen molar-refractivity contribution in [1.82, 2.24) is 0 Å². The fourth-order valence-electron chi connectivity index (χ4n) is 1.85. The lowest BCUT2D eigenvalue weighted by Crippen LogP contribution is -2.11. The molecule has 1 heterocycles. The maximum Gasteiger partial charge on any atom is 0.231 e. The van der Waals surface area contributed by atoms with Crippen molar-refractivity contribution >= 4 is 21.8 Å². The van der Waals surface area contributed by atoms with Gasteiger partial charge in [0.1, 0.15) is 17.3 Å². The molecule has 0 spiro atoms. The van der Waals surface area contributed by atoms with Crippen LogP contribution in [-0.2, 0) is 0 Å². The number of benzene rings is 2. The summed E-state index contributed by atoms with van der Waals surface area (Å²) in [5, 5.41) is 7.43. The van der Waals surface area contributed by atoms with Gasteiger partial charge in [-0.2, -0.15) is 0 Å². The fraction of sp³-hybridized carbons (Fsp3) is 0.0714. The number of nitrogen functional groups attached to an aromatic ring is 1. The molecule has 0 fully saturated rings. The Morgan fingerprint density at radius 3 is 2.55 bits per heavy atom. The Hall–Kier alpha value is -2.21. The SMILES string of the molecule is N=C(N)c1ccc(Oc2ccc3c(c2)OCO3)cc1Br. The number of nitrogens with one attached hydrogen (secondary N) is 1. The van der Waals surface area contributed by atoms with Gasteiger partial charge in [0.2, 0.25) is 6.79 Å². The van der Waals surface area contributed by atoms with Crippen LogP contribution in [0.15, 0.2) is 40.9 Å². The summed E-state index contributed by atoms with van der Waals surface area (Å²) in [5.41, 5.74) is 6.09. The van der Waals surface area contributed by atoms with E-state index in [1.54, 1.807) is 36.4 Å². The van der Waals surface area contributed by atoms with Crippen LogP contribution in [0.5, 0.6) is 23.0 Å². The molecule has 1 aliphatic rings. The van der Waals surface area contributed by atoms with Crippen molar-refractivity contribution in [2.24, 2.45) is 5.73 Å². The highest BCUT2D eigenvalue weighted by atomic mass is 79.9. The zero-order valence-corrected chi connectivity index (χ0v) is 11.9. The molecule has 0 radical (unpaired) electrons. The summed E-state index contributed by atoms with van der Waals surface area (Å²) in [6.45, 7) is 0.234. The first-order valence-electron chi connectivity index (χ1n) is 5.85. The van der Waals surface area contributed by atoms with Crippen molar-refractivity contribution in [2.75, 3.05) is 6.79 Å². The van der Waals surface area contributed by atoms with Gasteiger partial charge >= 0.3 is 0 Å². The minimum atomic E-state index is 0.00602. The van der Waals surface area contributed by atoms with Gasteiger partial charge in [-0.1, -0.05) is 0 Å². The molecule has 1 aliphatic heterocycles. The lowest BCUT2D eigenvalue weighted by Gasteiger charge is -2.09. The van der Waals surface area contributed by atoms with E-state index in [1.807, 2.05) is 0 Å². The predicted octanol–water partition coefficient (Wildman–Crippen LogP) is 3.25. The normalized spacial score (nSPS) is 12.2. The predicted molar refractivity (Wildman–Crippen MR) is 77.8 cm³/mol. The van der Waals surface area contributed by atoms with Crippen molar-refractivity contribution in [2.45, 2.75) is 0 Å². The molecule has 3 N–H and O–H groups in total. The molecule has 0 saturated heterocycles. The van der Waals surface area contributed by atoms with Crippen LogP contribution in [0.1, 0.15) is 5.56 Å². The first-order valence-corrected chi connectivity index (χ1v) is 6.64. The minimum absolute atomic E-state index is 0.00602. The van der Waals surface area contributed by atoms with Gasteiger partial charge < -0.3 is 19.9 Å². The number of hydrogen-bond acceptors (Lipinski definition) is 4. The van der Waals surface area contributed by atoms with Crippen LogP contribution in [-0.4, -0.2) is 12.6 Å². The van der Waals surface area contributed by atoms with Crippen LogP contribution in [0.25, 0.3) is 0 Å². The quantitative estimate of drug-likeness (QED) is 0.667. The zero-order valence-electron chi connectivity index (χ0n) is 10.4. The molecule has 3 rings (SSSR count). The molecule has 0 saturated carbocycles. The summed E-state index contributed by atoms with van der Waals surface area (Å²) in [5.74, 6) is 2.68. The van der Waals surface area contributed by atoms with Crippen molar-refractivity contribution in [1.29, 1.82) is 5.41 Å². The number of halogens is 1. The van der Waals surface area contributed by atoms with Crippen molar-refractivity contribution in [3.8, 4) is 23.0 Å². The topological polar surface area (TPSA) is 77.6 Å². The van der Waals surface area contributed by atoms with Crippen molar-refractivity contribution in [3.63, 3.8) is 0 Å². The molecule has 0 unspecified atom stereocenters. The van der Waals surface area contributed by atoms with Crippen LogP contribution < -0.4 is 19.9 Å². The van der Waals surface area contributed by atoms with Crippen LogP contribution in [0.4, 0.5) is 0 Å². The lowest BCUT2D eigenvalue weighted by molar-refractivity contribution is 0.174. The van der Waals surface area contributed by atoms with E-state index in [2.05, 4.69) is 15.9 Å². The number of nitrogens with two attached hydrogens (primary N) is 1. The molecule has 0 amide bonds. The Kier molecular flexibility index (Phi) is 3.23. The molecule has 5 nitrogen and oxygen atoms in total. The van der Waals surface area contributed by atoms with Gasteiger partial charge in [0.05, 0.1) is 0 Å². The Labute approximate surface area is 123 Å². The number of fused-ring (bicyclic) bond motifs is 1. The van der Waals surface area contributed by atoms with E-state index in [0.717, 1.165) is 0 Å². The Morgan fingerprint density at radius 2 is 1.80 bits per heavy atom. The molecule has 0 atom stereocenters. The van der Waals surface area contributed by atoms with Crippen LogP contribution >= 0.6 is 15.9 Å². The van der Waals surface area contributed by atoms with Crippen molar-refractivity contribution in [3.05, 3.63) is 46.4 Å². The van der Waals surface area contributed by atoms with Gasteiger partial charge in [-0.25, -0.2) is 0 Å². The highest BCUT2D eigenvalue weighted by molar-refractivity contribution is 9.10. The molecular formula is C14H11BrN2O3. The second-order valence-electron chi connectivity index (χ2n) is 4.17. The second-order valence-corrected chi connectivity index (χ2v) is 5.03. The summed E-state index contributed by atoms with van der Waals surface area (Å²) in [4.78, 5) is 0. The third-order valence-corrected chi connectivity index (χ3v) is 3.47. The third kappa shape index (κ3) is 2.42. The van der Waals surface area contributed by atoms with E-state index < -0.39 is 0 Å². The van der Waals surface area contributed by atoms with Crippen LogP contribution in [0.3, 0.4) is 0 Å². The lowest BCUT2D eigenvalue weighted by atomic mass is 10.2. The third-order valence-electron chi connectivity index (χ3n) is 2.81. The number of rotatable bonds is 3. The van der Waals surface area contributed by atoms with E-state index in [1.165, 1.54) is 0 Å². The Bertz CT molecular complexity index is 688. The smallest absolute Gasteiger partial charge is 0.231 e. The van der Waals surface area contributed by atoms with E-state index in [-0.39, 0.29) is 12.6 Å². The van der Waals surface area contributed by atoms with E-state index >= 15 is 0 Å². The summed E-state index contributed by atoms with van der Waals surface area (Å²) in [7, 11) is 0. The average molecular weight is 335 g/mol. The molecule has 2 aromatic rings. The monoisotopic (exact) mass is 334 g/mol. The summed E-state index contributed by atoms with van der Waals surface area (Å²) < 4.78 is 17.0. The Balaban J connectivity index is 1.84. The van der Waals surface area contributed by atoms with Gasteiger partial charge in [0.15, 0.2) is 11.5 Å². The molecule has 2 aromatic carbocycles. The average Bonchev–Trinajstić information content (AvgIpc) is 2.85. The van der Waals surface area contributed by atoms with Gasteiger partial charge in [-0.15, -0.1) is 0 Å². The standard InChI is InChI=1S/C14H11BrN2O3/c15-11-5-8(1-3-10(11)14(16)17)20-9-2-4-12-13(6-9)19-7-18-12/h1-6H,7H2,(H3,16,17). The largest absolute Gasteiger partial charge is 0.457 e. The molecule has 0 aromatic heterocycles. The second kappa shape index (κ2) is 5.05. The van der Waals surface area contributed by atoms with Gasteiger partial charge in [-0.05, 0) is 46.3 Å². The first kappa shape index (κ1) is 12.8. The number of ether oxygens (including phenoxy) is 3. The van der Waals surface area contributed by atoms with Crippen LogP contribution in [0, 0.1) is 5.41 Å². The maximum atomic E-state index is 7.43. The van der Waals surface area contributed by atoms with Gasteiger partial charge in [0.25, 0.3) is 0 Å². The first-order chi connectivity index (χ1) is 9.63. The zero-order chi connectivity index (χ0) is 14.1. The van der Waals surface area contributed by atoms with Gasteiger partial charge in [-0.3, -0.25) is 5.41 Å². The van der Waals surface area contributed by atoms with E-state index in [0.29, 0.717) is 33.0 Å². The summed E-state index contributed by atoms with van der Waals surface area (Å²) in [6, 6.07) is 10.6. The Morgan fingerprint density at radius 1 is 1.10 bits per heavy atom. The minimum Gasteiger partial charge on any atom is -0.457 e. The fourth-order valence-corrected chi connectivity index (χ4v) is 2.43. The van der Waals surface area contributed by atoms with Gasteiger partial charge in [0, 0.05) is 16.1 Å². The summed E-state index contributed by atoms with van der Waals surface area (Å²) in [6.07, 6.45) is 0. The highest BCUT2D eigenvalue weighted by Gasteiger charge is 2.14. The summed E-state index contributed by atoms with van der Waals surface area (Å²) >= 11 is 3.37. The molecular weight excluding hydrogens is 324 g/mol. The molecule has 0 bridgehead atoms. The molecule has 20 heavy (non-hydrogen) atoms. The molecule has 0 aliphatic carbocycles.